The average Bonchev–Trinajstić information content (AvgIpc) is 3.14. The Morgan fingerprint density at radius 1 is 1.03 bits per heavy atom. The van der Waals surface area contributed by atoms with Crippen LogP contribution in [0.1, 0.15) is 49.9 Å². The highest BCUT2D eigenvalue weighted by Crippen LogP contribution is 2.27. The molecule has 0 aromatic carbocycles. The highest BCUT2D eigenvalue weighted by atomic mass is 16.5. The second-order valence-corrected chi connectivity index (χ2v) is 8.99. The van der Waals surface area contributed by atoms with E-state index in [1.807, 2.05) is 38.6 Å². The third-order valence-electron chi connectivity index (χ3n) is 5.88. The van der Waals surface area contributed by atoms with Gasteiger partial charge in [0.1, 0.15) is 5.82 Å². The zero-order valence-electron chi connectivity index (χ0n) is 17.6. The van der Waals surface area contributed by atoms with E-state index in [1.54, 1.807) is 0 Å². The molecule has 2 saturated heterocycles. The number of ether oxygens (including phenoxy) is 1. The number of rotatable bonds is 2. The van der Waals surface area contributed by atoms with Crippen molar-refractivity contribution in [3.63, 3.8) is 0 Å². The maximum atomic E-state index is 13.3. The predicted molar refractivity (Wildman–Crippen MR) is 110 cm³/mol. The number of morpholine rings is 1. The first-order valence-electron chi connectivity index (χ1n) is 10.5. The normalized spacial score (nSPS) is 19.0. The van der Waals surface area contributed by atoms with Gasteiger partial charge in [0, 0.05) is 43.7 Å². The van der Waals surface area contributed by atoms with E-state index in [1.165, 1.54) is 0 Å². The van der Waals surface area contributed by atoms with Crippen LogP contribution < -0.4 is 0 Å². The lowest BCUT2D eigenvalue weighted by Crippen LogP contribution is -2.47. The van der Waals surface area contributed by atoms with Gasteiger partial charge in [-0.25, -0.2) is 4.98 Å². The van der Waals surface area contributed by atoms with Crippen molar-refractivity contribution in [2.75, 3.05) is 39.4 Å². The molecule has 0 atom stereocenters. The van der Waals surface area contributed by atoms with Crippen molar-refractivity contribution >= 4 is 17.3 Å². The number of carbonyl (C=O) groups excluding carboxylic acids is 2. The van der Waals surface area contributed by atoms with Gasteiger partial charge < -0.3 is 18.9 Å². The summed E-state index contributed by atoms with van der Waals surface area (Å²) in [5.41, 5.74) is 1.18. The first-order chi connectivity index (χ1) is 13.9. The van der Waals surface area contributed by atoms with E-state index >= 15 is 0 Å². The molecule has 0 saturated carbocycles. The van der Waals surface area contributed by atoms with E-state index in [-0.39, 0.29) is 23.1 Å². The molecule has 0 N–H and O–H groups in total. The van der Waals surface area contributed by atoms with Crippen LogP contribution in [0.3, 0.4) is 0 Å². The minimum atomic E-state index is -0.166. The Balaban J connectivity index is 1.48. The van der Waals surface area contributed by atoms with E-state index in [4.69, 9.17) is 9.72 Å². The maximum absolute atomic E-state index is 13.3. The number of piperidine rings is 1. The largest absolute Gasteiger partial charge is 0.378 e. The number of fused-ring (bicyclic) bond motifs is 1. The number of nitrogens with zero attached hydrogens (tertiary/aromatic N) is 4. The molecule has 4 heterocycles. The molecule has 0 aliphatic carbocycles. The summed E-state index contributed by atoms with van der Waals surface area (Å²) in [6.07, 6.45) is 3.38. The molecule has 2 aliphatic heterocycles. The van der Waals surface area contributed by atoms with Crippen LogP contribution in [0.15, 0.2) is 24.4 Å². The Hall–Kier alpha value is -2.41. The first kappa shape index (κ1) is 19.9. The van der Waals surface area contributed by atoms with Gasteiger partial charge in [0.15, 0.2) is 5.69 Å². The van der Waals surface area contributed by atoms with Gasteiger partial charge in [0.25, 0.3) is 5.91 Å². The quantitative estimate of drug-likeness (QED) is 0.779. The fourth-order valence-electron chi connectivity index (χ4n) is 4.25. The number of aromatic nitrogens is 2. The Kier molecular flexibility index (Phi) is 5.34. The summed E-state index contributed by atoms with van der Waals surface area (Å²) in [6, 6.07) is 5.85. The van der Waals surface area contributed by atoms with Gasteiger partial charge in [0.2, 0.25) is 5.91 Å². The number of pyridine rings is 1. The van der Waals surface area contributed by atoms with Gasteiger partial charge >= 0.3 is 0 Å². The summed E-state index contributed by atoms with van der Waals surface area (Å²) < 4.78 is 7.36. The fourth-order valence-corrected chi connectivity index (χ4v) is 4.25. The zero-order valence-corrected chi connectivity index (χ0v) is 17.6. The predicted octanol–water partition coefficient (Wildman–Crippen LogP) is 2.34. The van der Waals surface area contributed by atoms with Gasteiger partial charge in [-0.1, -0.05) is 26.8 Å². The molecule has 0 unspecified atom stereocenters. The maximum Gasteiger partial charge on any atom is 0.274 e. The number of carbonyl (C=O) groups is 2. The molecular weight excluding hydrogens is 368 g/mol. The van der Waals surface area contributed by atoms with Crippen LogP contribution in [0.5, 0.6) is 0 Å². The number of likely N-dealkylation sites (tertiary alicyclic amines) is 1. The average molecular weight is 399 g/mol. The van der Waals surface area contributed by atoms with Crippen LogP contribution >= 0.6 is 0 Å². The minimum Gasteiger partial charge on any atom is -0.378 e. The topological polar surface area (TPSA) is 67.2 Å². The molecular formula is C22H30N4O3. The van der Waals surface area contributed by atoms with Crippen LogP contribution in [0, 0.1) is 5.92 Å². The monoisotopic (exact) mass is 398 g/mol. The summed E-state index contributed by atoms with van der Waals surface area (Å²) in [5.74, 6) is 1.05. The fraction of sp³-hybridized carbons (Fsp3) is 0.591. The number of amides is 2. The van der Waals surface area contributed by atoms with Crippen LogP contribution in [-0.2, 0) is 14.9 Å². The summed E-state index contributed by atoms with van der Waals surface area (Å²) >= 11 is 0. The third kappa shape index (κ3) is 3.88. The Morgan fingerprint density at radius 3 is 2.38 bits per heavy atom. The molecule has 2 aromatic heterocycles. The van der Waals surface area contributed by atoms with Crippen LogP contribution in [0.25, 0.3) is 5.52 Å². The highest BCUT2D eigenvalue weighted by molar-refractivity contribution is 5.99. The second-order valence-electron chi connectivity index (χ2n) is 8.99. The van der Waals surface area contributed by atoms with Crippen molar-refractivity contribution in [2.45, 2.75) is 39.0 Å². The summed E-state index contributed by atoms with van der Waals surface area (Å²) in [7, 11) is 0. The molecule has 156 valence electrons. The van der Waals surface area contributed by atoms with Gasteiger partial charge in [-0.3, -0.25) is 9.59 Å². The Morgan fingerprint density at radius 2 is 1.72 bits per heavy atom. The van der Waals surface area contributed by atoms with Crippen molar-refractivity contribution in [3.05, 3.63) is 35.9 Å². The van der Waals surface area contributed by atoms with Crippen LogP contribution in [-0.4, -0.2) is 70.4 Å². The molecule has 4 rings (SSSR count). The Bertz CT molecular complexity index is 900. The molecule has 0 bridgehead atoms. The highest BCUT2D eigenvalue weighted by Gasteiger charge is 2.33. The van der Waals surface area contributed by atoms with Crippen LogP contribution in [0.2, 0.25) is 0 Å². The molecule has 2 aromatic rings. The van der Waals surface area contributed by atoms with E-state index in [0.717, 1.165) is 11.3 Å². The van der Waals surface area contributed by atoms with E-state index in [0.29, 0.717) is 57.9 Å². The molecule has 7 heteroatoms. The van der Waals surface area contributed by atoms with Crippen molar-refractivity contribution in [1.29, 1.82) is 0 Å². The van der Waals surface area contributed by atoms with Crippen LogP contribution in [0.4, 0.5) is 0 Å². The van der Waals surface area contributed by atoms with Gasteiger partial charge in [-0.05, 0) is 25.0 Å². The lowest BCUT2D eigenvalue weighted by atomic mass is 9.95. The Labute approximate surface area is 171 Å². The van der Waals surface area contributed by atoms with E-state index in [9.17, 15) is 9.59 Å². The first-order valence-corrected chi connectivity index (χ1v) is 10.5. The van der Waals surface area contributed by atoms with Gasteiger partial charge in [0.05, 0.1) is 18.7 Å². The minimum absolute atomic E-state index is 0.000951. The van der Waals surface area contributed by atoms with Crippen molar-refractivity contribution in [3.8, 4) is 0 Å². The SMILES string of the molecule is CC(C)(C)c1nc(C(=O)N2CCC(C(=O)N3CCOCC3)CC2)c2ccccn12. The molecule has 2 aliphatic rings. The van der Waals surface area contributed by atoms with Crippen molar-refractivity contribution < 1.29 is 14.3 Å². The number of imidazole rings is 1. The number of hydrogen-bond acceptors (Lipinski definition) is 4. The molecule has 7 nitrogen and oxygen atoms in total. The van der Waals surface area contributed by atoms with Crippen molar-refractivity contribution in [2.24, 2.45) is 5.92 Å². The van der Waals surface area contributed by atoms with E-state index < -0.39 is 0 Å². The van der Waals surface area contributed by atoms with Gasteiger partial charge in [-0.2, -0.15) is 0 Å². The summed E-state index contributed by atoms with van der Waals surface area (Å²) in [5, 5.41) is 0. The standard InChI is InChI=1S/C22H30N4O3/c1-22(2,3)21-23-18(17-6-4-5-9-26(17)21)20(28)24-10-7-16(8-11-24)19(27)25-12-14-29-15-13-25/h4-6,9,16H,7-8,10-15H2,1-3H3. The van der Waals surface area contributed by atoms with Crippen molar-refractivity contribution in [1.82, 2.24) is 19.2 Å². The van der Waals surface area contributed by atoms with Gasteiger partial charge in [-0.15, -0.1) is 0 Å². The summed E-state index contributed by atoms with van der Waals surface area (Å²) in [6.45, 7) is 10.1. The molecule has 2 fully saturated rings. The molecule has 29 heavy (non-hydrogen) atoms. The third-order valence-corrected chi connectivity index (χ3v) is 5.88. The lowest BCUT2D eigenvalue weighted by molar-refractivity contribution is -0.141. The molecule has 0 spiro atoms. The smallest absolute Gasteiger partial charge is 0.274 e. The zero-order chi connectivity index (χ0) is 20.6. The molecule has 2 amide bonds. The second kappa shape index (κ2) is 7.78. The summed E-state index contributed by atoms with van der Waals surface area (Å²) in [4.78, 5) is 34.5. The lowest BCUT2D eigenvalue weighted by Gasteiger charge is -2.35. The molecule has 0 radical (unpaired) electrons. The number of hydrogen-bond donors (Lipinski definition) is 0. The van der Waals surface area contributed by atoms with E-state index in [2.05, 4.69) is 20.8 Å².